The first-order valence-electron chi connectivity index (χ1n) is 5.68. The maximum Gasteiger partial charge on any atom is 0.245 e. The van der Waals surface area contributed by atoms with Crippen LogP contribution in [0.5, 0.6) is 0 Å². The summed E-state index contributed by atoms with van der Waals surface area (Å²) in [6, 6.07) is 4.34. The zero-order chi connectivity index (χ0) is 12.6. The summed E-state index contributed by atoms with van der Waals surface area (Å²) in [5, 5.41) is 0. The monoisotopic (exact) mass is 248 g/mol. The number of hydrogen-bond acceptors (Lipinski definition) is 2. The quantitative estimate of drug-likeness (QED) is 0.764. The van der Waals surface area contributed by atoms with Crippen LogP contribution in [0.3, 0.4) is 0 Å². The van der Waals surface area contributed by atoms with Gasteiger partial charge in [0.05, 0.1) is 10.2 Å². The van der Waals surface area contributed by atoms with Gasteiger partial charge in [-0.15, -0.1) is 0 Å². The number of hydrogen-bond donors (Lipinski definition) is 0. The van der Waals surface area contributed by atoms with Gasteiger partial charge >= 0.3 is 0 Å². The van der Waals surface area contributed by atoms with Crippen molar-refractivity contribution < 1.29 is 4.79 Å². The summed E-state index contributed by atoms with van der Waals surface area (Å²) in [7, 11) is 0. The van der Waals surface area contributed by atoms with Gasteiger partial charge in [-0.3, -0.25) is 4.79 Å². The molecule has 0 saturated heterocycles. The Morgan fingerprint density at radius 3 is 2.59 bits per heavy atom. The highest BCUT2D eigenvalue weighted by Crippen LogP contribution is 2.21. The predicted octanol–water partition coefficient (Wildman–Crippen LogP) is 2.79. The first-order valence-corrected chi connectivity index (χ1v) is 6.50. The van der Waals surface area contributed by atoms with Crippen LogP contribution < -0.4 is 4.80 Å². The maximum atomic E-state index is 11.1. The lowest BCUT2D eigenvalue weighted by atomic mass is 10.1. The number of aryl methyl sites for hydroxylation is 3. The summed E-state index contributed by atoms with van der Waals surface area (Å²) in [6.45, 7) is 8.59. The molecule has 1 aromatic heterocycles. The third kappa shape index (κ3) is 2.17. The molecule has 2 aromatic rings. The minimum atomic E-state index is -0.146. The van der Waals surface area contributed by atoms with E-state index in [1.54, 1.807) is 11.3 Å². The van der Waals surface area contributed by atoms with Crippen LogP contribution in [-0.4, -0.2) is 10.5 Å². The fourth-order valence-electron chi connectivity index (χ4n) is 1.85. The molecule has 0 bridgehead atoms. The summed E-state index contributed by atoms with van der Waals surface area (Å²) in [5.41, 5.74) is 3.71. The van der Waals surface area contributed by atoms with E-state index in [0.29, 0.717) is 0 Å². The number of amides is 1. The van der Waals surface area contributed by atoms with E-state index >= 15 is 0 Å². The first-order chi connectivity index (χ1) is 8.02. The minimum absolute atomic E-state index is 0.146. The topological polar surface area (TPSA) is 34.4 Å². The van der Waals surface area contributed by atoms with Crippen LogP contribution in [0.4, 0.5) is 0 Å². The molecule has 0 unspecified atom stereocenters. The number of nitrogens with zero attached hydrogens (tertiary/aromatic N) is 2. The molecule has 1 heterocycles. The lowest BCUT2D eigenvalue weighted by Crippen LogP contribution is -2.14. The molecule has 0 aliphatic heterocycles. The SMILES string of the molecule is CCn1c(=NC(C)=O)sc2cc(C)c(C)cc21. The molecule has 3 nitrogen and oxygen atoms in total. The molecule has 1 amide bonds. The fourth-order valence-corrected chi connectivity index (χ4v) is 3.07. The van der Waals surface area contributed by atoms with E-state index in [1.165, 1.54) is 28.3 Å². The van der Waals surface area contributed by atoms with Crippen molar-refractivity contribution in [1.82, 2.24) is 4.57 Å². The van der Waals surface area contributed by atoms with Crippen molar-refractivity contribution in [3.8, 4) is 0 Å². The third-order valence-corrected chi connectivity index (χ3v) is 3.91. The number of carbonyl (C=O) groups excluding carboxylic acids is 1. The van der Waals surface area contributed by atoms with Crippen LogP contribution in [0, 0.1) is 13.8 Å². The van der Waals surface area contributed by atoms with Gasteiger partial charge in [0, 0.05) is 13.5 Å². The van der Waals surface area contributed by atoms with Crippen LogP contribution in [0.1, 0.15) is 25.0 Å². The van der Waals surface area contributed by atoms with Gasteiger partial charge in [0.1, 0.15) is 0 Å². The lowest BCUT2D eigenvalue weighted by molar-refractivity contribution is -0.116. The van der Waals surface area contributed by atoms with E-state index in [2.05, 4.69) is 42.5 Å². The summed E-state index contributed by atoms with van der Waals surface area (Å²) in [6.07, 6.45) is 0. The number of aromatic nitrogens is 1. The van der Waals surface area contributed by atoms with Crippen molar-refractivity contribution in [3.05, 3.63) is 28.1 Å². The number of rotatable bonds is 1. The molecule has 0 aliphatic rings. The Hall–Kier alpha value is -1.42. The molecule has 4 heteroatoms. The van der Waals surface area contributed by atoms with Crippen molar-refractivity contribution in [3.63, 3.8) is 0 Å². The van der Waals surface area contributed by atoms with Gasteiger partial charge in [-0.25, -0.2) is 0 Å². The first kappa shape index (κ1) is 12.0. The Morgan fingerprint density at radius 1 is 1.35 bits per heavy atom. The highest BCUT2D eigenvalue weighted by Gasteiger charge is 2.07. The molecular formula is C13H16N2OS. The molecule has 1 aromatic carbocycles. The predicted molar refractivity (Wildman–Crippen MR) is 71.2 cm³/mol. The Morgan fingerprint density at radius 2 is 2.00 bits per heavy atom. The molecule has 0 fully saturated rings. The summed E-state index contributed by atoms with van der Waals surface area (Å²) >= 11 is 1.58. The van der Waals surface area contributed by atoms with Gasteiger partial charge in [0.25, 0.3) is 0 Å². The summed E-state index contributed by atoms with van der Waals surface area (Å²) in [4.78, 5) is 16.0. The molecular weight excluding hydrogens is 232 g/mol. The Kier molecular flexibility index (Phi) is 3.15. The molecule has 17 heavy (non-hydrogen) atoms. The van der Waals surface area contributed by atoms with E-state index in [4.69, 9.17) is 0 Å². The highest BCUT2D eigenvalue weighted by atomic mass is 32.1. The second-order valence-electron chi connectivity index (χ2n) is 4.16. The second-order valence-corrected chi connectivity index (χ2v) is 5.17. The standard InChI is InChI=1S/C13H16N2OS/c1-5-15-11-6-8(2)9(3)7-12(11)17-13(15)14-10(4)16/h6-7H,5H2,1-4H3. The van der Waals surface area contributed by atoms with Gasteiger partial charge < -0.3 is 4.57 Å². The average molecular weight is 248 g/mol. The van der Waals surface area contributed by atoms with E-state index in [9.17, 15) is 4.79 Å². The van der Waals surface area contributed by atoms with Crippen LogP contribution in [-0.2, 0) is 11.3 Å². The smallest absolute Gasteiger partial charge is 0.245 e. The van der Waals surface area contributed by atoms with E-state index in [0.717, 1.165) is 11.3 Å². The van der Waals surface area contributed by atoms with Crippen LogP contribution >= 0.6 is 11.3 Å². The van der Waals surface area contributed by atoms with Gasteiger partial charge in [-0.05, 0) is 44.0 Å². The van der Waals surface area contributed by atoms with Gasteiger partial charge in [-0.1, -0.05) is 11.3 Å². The lowest BCUT2D eigenvalue weighted by Gasteiger charge is -2.03. The number of carbonyl (C=O) groups is 1. The van der Waals surface area contributed by atoms with Gasteiger partial charge in [-0.2, -0.15) is 4.99 Å². The molecule has 0 spiro atoms. The largest absolute Gasteiger partial charge is 0.317 e. The normalized spacial score (nSPS) is 12.4. The summed E-state index contributed by atoms with van der Waals surface area (Å²) in [5.74, 6) is -0.146. The van der Waals surface area contributed by atoms with Crippen molar-refractivity contribution in [2.24, 2.45) is 4.99 Å². The second kappa shape index (κ2) is 4.45. The molecule has 0 saturated carbocycles. The van der Waals surface area contributed by atoms with E-state index in [-0.39, 0.29) is 5.91 Å². The third-order valence-electron chi connectivity index (χ3n) is 2.87. The molecule has 0 N–H and O–H groups in total. The summed E-state index contributed by atoms with van der Waals surface area (Å²) < 4.78 is 3.28. The zero-order valence-corrected chi connectivity index (χ0v) is 11.4. The Bertz CT molecular complexity index is 649. The van der Waals surface area contributed by atoms with Crippen molar-refractivity contribution in [2.75, 3.05) is 0 Å². The van der Waals surface area contributed by atoms with Gasteiger partial charge in [0.2, 0.25) is 5.91 Å². The van der Waals surface area contributed by atoms with Gasteiger partial charge in [0.15, 0.2) is 4.80 Å². The van der Waals surface area contributed by atoms with Crippen LogP contribution in [0.2, 0.25) is 0 Å². The number of thiazole rings is 1. The zero-order valence-electron chi connectivity index (χ0n) is 10.6. The van der Waals surface area contributed by atoms with Crippen molar-refractivity contribution >= 4 is 27.5 Å². The van der Waals surface area contributed by atoms with Crippen LogP contribution in [0.15, 0.2) is 17.1 Å². The fraction of sp³-hybridized carbons (Fsp3) is 0.385. The Labute approximate surface area is 104 Å². The Balaban J connectivity index is 2.85. The van der Waals surface area contributed by atoms with Crippen molar-refractivity contribution in [2.45, 2.75) is 34.2 Å². The molecule has 0 aliphatic carbocycles. The minimum Gasteiger partial charge on any atom is -0.317 e. The number of fused-ring (bicyclic) bond motifs is 1. The van der Waals surface area contributed by atoms with E-state index in [1.807, 2.05) is 0 Å². The van der Waals surface area contributed by atoms with Crippen LogP contribution in [0.25, 0.3) is 10.2 Å². The average Bonchev–Trinajstić information content (AvgIpc) is 2.54. The molecule has 2 rings (SSSR count). The molecule has 0 radical (unpaired) electrons. The highest BCUT2D eigenvalue weighted by molar-refractivity contribution is 7.16. The maximum absolute atomic E-state index is 11.1. The molecule has 90 valence electrons. The number of benzene rings is 1. The van der Waals surface area contributed by atoms with E-state index < -0.39 is 0 Å². The van der Waals surface area contributed by atoms with Crippen molar-refractivity contribution in [1.29, 1.82) is 0 Å². The molecule has 0 atom stereocenters.